The number of ether oxygens (including phenoxy) is 2. The van der Waals surface area contributed by atoms with Gasteiger partial charge in [0.15, 0.2) is 0 Å². The lowest BCUT2D eigenvalue weighted by atomic mass is 10.3. The highest BCUT2D eigenvalue weighted by Crippen LogP contribution is 2.13. The molecule has 4 heteroatoms. The molecule has 0 bridgehead atoms. The first-order valence-corrected chi connectivity index (χ1v) is 4.78. The Morgan fingerprint density at radius 2 is 2.00 bits per heavy atom. The summed E-state index contributed by atoms with van der Waals surface area (Å²) in [5, 5.41) is 0. The third-order valence-corrected chi connectivity index (χ3v) is 1.89. The third kappa shape index (κ3) is 3.25. The Kier molecular flexibility index (Phi) is 4.63. The monoisotopic (exact) mass is 209 g/mol. The average molecular weight is 209 g/mol. The molecule has 0 aliphatic heterocycles. The van der Waals surface area contributed by atoms with E-state index in [9.17, 15) is 4.79 Å². The van der Waals surface area contributed by atoms with Gasteiger partial charge in [0.25, 0.3) is 0 Å². The Balaban J connectivity index is 2.76. The number of amides is 1. The molecule has 82 valence electrons. The molecule has 0 radical (unpaired) electrons. The summed E-state index contributed by atoms with van der Waals surface area (Å²) in [5.41, 5.74) is 0.762. The van der Waals surface area contributed by atoms with Gasteiger partial charge >= 0.3 is 6.09 Å². The molecule has 0 unspecified atom stereocenters. The number of carbonyl (C=O) groups excluding carboxylic acids is 1. The van der Waals surface area contributed by atoms with Crippen LogP contribution in [0.3, 0.4) is 0 Å². The van der Waals surface area contributed by atoms with Gasteiger partial charge in [0.05, 0.1) is 7.11 Å². The van der Waals surface area contributed by atoms with Gasteiger partial charge in [0.1, 0.15) is 6.73 Å². The summed E-state index contributed by atoms with van der Waals surface area (Å²) < 4.78 is 9.87. The summed E-state index contributed by atoms with van der Waals surface area (Å²) >= 11 is 0. The summed E-state index contributed by atoms with van der Waals surface area (Å²) in [6.45, 7) is 2.63. The van der Waals surface area contributed by atoms with Gasteiger partial charge in [0, 0.05) is 12.3 Å². The lowest BCUT2D eigenvalue weighted by Gasteiger charge is -2.20. The second-order valence-corrected chi connectivity index (χ2v) is 2.86. The highest BCUT2D eigenvalue weighted by Gasteiger charge is 2.15. The Morgan fingerprint density at radius 3 is 2.53 bits per heavy atom. The smallest absolute Gasteiger partial charge is 0.415 e. The maximum atomic E-state index is 11.4. The Labute approximate surface area is 89.4 Å². The minimum atomic E-state index is -0.422. The van der Waals surface area contributed by atoms with Gasteiger partial charge in [-0.15, -0.1) is 0 Å². The minimum absolute atomic E-state index is 0.202. The highest BCUT2D eigenvalue weighted by molar-refractivity contribution is 5.87. The molecule has 0 saturated carbocycles. The maximum Gasteiger partial charge on any atom is 0.415 e. The number of hydrogen-bond donors (Lipinski definition) is 0. The zero-order chi connectivity index (χ0) is 11.1. The molecular formula is C11H15NO3. The minimum Gasteiger partial charge on any atom is -0.452 e. The number of methoxy groups -OCH3 is 1. The molecule has 0 aliphatic rings. The molecule has 4 nitrogen and oxygen atoms in total. The molecule has 0 saturated heterocycles. The molecule has 1 aromatic rings. The zero-order valence-corrected chi connectivity index (χ0v) is 8.97. The van der Waals surface area contributed by atoms with Crippen LogP contribution >= 0.6 is 0 Å². The highest BCUT2D eigenvalue weighted by atomic mass is 16.6. The van der Waals surface area contributed by atoms with Crippen LogP contribution in [0.2, 0.25) is 0 Å². The van der Waals surface area contributed by atoms with E-state index < -0.39 is 6.09 Å². The Hall–Kier alpha value is -1.55. The van der Waals surface area contributed by atoms with E-state index in [0.29, 0.717) is 6.61 Å². The number of rotatable bonds is 4. The van der Waals surface area contributed by atoms with E-state index in [1.807, 2.05) is 37.3 Å². The number of para-hydroxylation sites is 1. The van der Waals surface area contributed by atoms with Crippen LogP contribution in [-0.2, 0) is 9.47 Å². The number of carbonyl (C=O) groups is 1. The van der Waals surface area contributed by atoms with E-state index in [1.54, 1.807) is 0 Å². The molecular weight excluding hydrogens is 194 g/mol. The predicted molar refractivity (Wildman–Crippen MR) is 57.8 cm³/mol. The van der Waals surface area contributed by atoms with Crippen molar-refractivity contribution in [2.45, 2.75) is 6.92 Å². The second-order valence-electron chi connectivity index (χ2n) is 2.86. The van der Waals surface area contributed by atoms with Gasteiger partial charge in [-0.1, -0.05) is 18.2 Å². The van der Waals surface area contributed by atoms with Crippen molar-refractivity contribution in [3.63, 3.8) is 0 Å². The fraction of sp³-hybridized carbons (Fsp3) is 0.364. The molecule has 1 rings (SSSR count). The van der Waals surface area contributed by atoms with Crippen molar-refractivity contribution in [3.8, 4) is 0 Å². The van der Waals surface area contributed by atoms with E-state index in [4.69, 9.17) is 4.74 Å². The Morgan fingerprint density at radius 1 is 1.33 bits per heavy atom. The first-order valence-electron chi connectivity index (χ1n) is 4.78. The number of anilines is 1. The quantitative estimate of drug-likeness (QED) is 0.714. The average Bonchev–Trinajstić information content (AvgIpc) is 2.30. The summed E-state index contributed by atoms with van der Waals surface area (Å²) in [4.78, 5) is 12.9. The summed E-state index contributed by atoms with van der Waals surface area (Å²) in [6.07, 6.45) is -0.422. The fourth-order valence-electron chi connectivity index (χ4n) is 1.13. The molecule has 1 aromatic carbocycles. The number of nitrogens with zero attached hydrogens (tertiary/aromatic N) is 1. The number of benzene rings is 1. The molecule has 0 N–H and O–H groups in total. The molecule has 0 atom stereocenters. The van der Waals surface area contributed by atoms with E-state index >= 15 is 0 Å². The molecule has 1 amide bonds. The van der Waals surface area contributed by atoms with Crippen molar-refractivity contribution in [2.75, 3.05) is 25.3 Å². The van der Waals surface area contributed by atoms with Crippen molar-refractivity contribution in [1.29, 1.82) is 0 Å². The first kappa shape index (κ1) is 11.5. The van der Waals surface area contributed by atoms with E-state index in [1.165, 1.54) is 12.0 Å². The summed E-state index contributed by atoms with van der Waals surface area (Å²) in [6, 6.07) is 9.26. The first-order chi connectivity index (χ1) is 7.29. The van der Waals surface area contributed by atoms with E-state index in [0.717, 1.165) is 5.69 Å². The standard InChI is InChI=1S/C11H15NO3/c1-3-15-9-12(11(13)14-2)10-7-5-4-6-8-10/h4-8H,3,9H2,1-2H3. The van der Waals surface area contributed by atoms with Crippen molar-refractivity contribution in [1.82, 2.24) is 0 Å². The molecule has 0 aromatic heterocycles. The van der Waals surface area contributed by atoms with Crippen LogP contribution in [0.4, 0.5) is 10.5 Å². The van der Waals surface area contributed by atoms with Crippen LogP contribution in [0.5, 0.6) is 0 Å². The van der Waals surface area contributed by atoms with Crippen molar-refractivity contribution < 1.29 is 14.3 Å². The third-order valence-electron chi connectivity index (χ3n) is 1.89. The van der Waals surface area contributed by atoms with Gasteiger partial charge in [-0.05, 0) is 19.1 Å². The molecule has 0 spiro atoms. The van der Waals surface area contributed by atoms with Crippen LogP contribution in [0, 0.1) is 0 Å². The summed E-state index contributed by atoms with van der Waals surface area (Å²) in [5.74, 6) is 0. The van der Waals surface area contributed by atoms with Crippen molar-refractivity contribution in [2.24, 2.45) is 0 Å². The van der Waals surface area contributed by atoms with Crippen LogP contribution in [0.1, 0.15) is 6.92 Å². The lowest BCUT2D eigenvalue weighted by Crippen LogP contribution is -2.33. The van der Waals surface area contributed by atoms with Gasteiger partial charge in [0.2, 0.25) is 0 Å². The number of hydrogen-bond acceptors (Lipinski definition) is 3. The van der Waals surface area contributed by atoms with Crippen LogP contribution in [0.25, 0.3) is 0 Å². The predicted octanol–water partition coefficient (Wildman–Crippen LogP) is 2.25. The van der Waals surface area contributed by atoms with Gasteiger partial charge in [-0.3, -0.25) is 4.90 Å². The second kappa shape index (κ2) is 6.03. The SMILES string of the molecule is CCOCN(C(=O)OC)c1ccccc1. The van der Waals surface area contributed by atoms with Gasteiger partial charge < -0.3 is 9.47 Å². The van der Waals surface area contributed by atoms with E-state index in [-0.39, 0.29) is 6.73 Å². The van der Waals surface area contributed by atoms with Gasteiger partial charge in [-0.2, -0.15) is 0 Å². The zero-order valence-electron chi connectivity index (χ0n) is 8.97. The molecule has 0 fully saturated rings. The summed E-state index contributed by atoms with van der Waals surface area (Å²) in [7, 11) is 1.35. The van der Waals surface area contributed by atoms with Crippen molar-refractivity contribution in [3.05, 3.63) is 30.3 Å². The van der Waals surface area contributed by atoms with Crippen LogP contribution in [0.15, 0.2) is 30.3 Å². The Bertz CT molecular complexity index is 300. The fourth-order valence-corrected chi connectivity index (χ4v) is 1.13. The molecule has 0 aliphatic carbocycles. The van der Waals surface area contributed by atoms with Crippen LogP contribution < -0.4 is 4.90 Å². The molecule has 15 heavy (non-hydrogen) atoms. The maximum absolute atomic E-state index is 11.4. The molecule has 0 heterocycles. The van der Waals surface area contributed by atoms with Crippen molar-refractivity contribution >= 4 is 11.8 Å². The lowest BCUT2D eigenvalue weighted by molar-refractivity contribution is 0.130. The van der Waals surface area contributed by atoms with Crippen LogP contribution in [-0.4, -0.2) is 26.5 Å². The topological polar surface area (TPSA) is 38.8 Å². The normalized spacial score (nSPS) is 9.73. The largest absolute Gasteiger partial charge is 0.452 e. The van der Waals surface area contributed by atoms with E-state index in [2.05, 4.69) is 4.74 Å². The van der Waals surface area contributed by atoms with Gasteiger partial charge in [-0.25, -0.2) is 4.79 Å².